The van der Waals surface area contributed by atoms with Crippen molar-refractivity contribution >= 4 is 19.5 Å². The number of ketones is 1. The predicted molar refractivity (Wildman–Crippen MR) is 111 cm³/mol. The molecule has 1 aromatic rings. The summed E-state index contributed by atoms with van der Waals surface area (Å²) in [5, 5.41) is 0. The van der Waals surface area contributed by atoms with Crippen LogP contribution in [0.1, 0.15) is 58.2 Å². The highest BCUT2D eigenvalue weighted by Crippen LogP contribution is 2.48. The van der Waals surface area contributed by atoms with E-state index >= 15 is 0 Å². The number of carbonyl (C=O) groups is 1. The minimum absolute atomic E-state index is 0.209. The Morgan fingerprint density at radius 3 is 2.00 bits per heavy atom. The number of benzene rings is 1. The summed E-state index contributed by atoms with van der Waals surface area (Å²) in [5.41, 5.74) is 1.86. The molecular weight excluding hydrogens is 401 g/mol. The van der Waals surface area contributed by atoms with Crippen molar-refractivity contribution in [3.05, 3.63) is 34.9 Å². The highest BCUT2D eigenvalue weighted by molar-refractivity contribution is 7.53. The van der Waals surface area contributed by atoms with Crippen molar-refractivity contribution in [1.82, 2.24) is 0 Å². The molecule has 0 fully saturated rings. The number of carbonyl (C=O) groups excluding carboxylic acids is 1. The van der Waals surface area contributed by atoms with E-state index in [-0.39, 0.29) is 10.8 Å². The summed E-state index contributed by atoms with van der Waals surface area (Å²) >= 11 is 0. The molecule has 0 saturated carbocycles. The minimum atomic E-state index is -4.28. The quantitative estimate of drug-likeness (QED) is 0.394. The Balaban J connectivity index is 3.46. The highest BCUT2D eigenvalue weighted by atomic mass is 31.2. The Bertz CT molecular complexity index is 833. The monoisotopic (exact) mass is 432 g/mol. The largest absolute Gasteiger partial charge is 0.496 e. The average Bonchev–Trinajstić information content (AvgIpc) is 2.56. The highest BCUT2D eigenvalue weighted by Gasteiger charge is 2.44. The molecule has 0 aliphatic heterocycles. The molecule has 0 N–H and O–H groups in total. The van der Waals surface area contributed by atoms with Crippen LogP contribution >= 0.6 is 7.60 Å². The smallest absolute Gasteiger partial charge is 0.426 e. The normalized spacial score (nSPS) is 15.4. The van der Waals surface area contributed by atoms with Crippen LogP contribution in [0.3, 0.4) is 0 Å². The van der Waals surface area contributed by atoms with Crippen LogP contribution in [-0.2, 0) is 29.2 Å². The first-order valence-electron chi connectivity index (χ1n) is 9.12. The molecule has 0 saturated heterocycles. The fourth-order valence-corrected chi connectivity index (χ4v) is 3.13. The van der Waals surface area contributed by atoms with Gasteiger partial charge in [0.2, 0.25) is 0 Å². The van der Waals surface area contributed by atoms with Gasteiger partial charge in [-0.3, -0.25) is 9.36 Å². The van der Waals surface area contributed by atoms with Crippen LogP contribution in [0.15, 0.2) is 18.2 Å². The summed E-state index contributed by atoms with van der Waals surface area (Å²) < 4.78 is 53.7. The van der Waals surface area contributed by atoms with E-state index in [0.717, 1.165) is 24.9 Å². The van der Waals surface area contributed by atoms with Crippen molar-refractivity contribution < 1.29 is 31.9 Å². The van der Waals surface area contributed by atoms with Gasteiger partial charge in [-0.25, -0.2) is 4.52 Å². The summed E-state index contributed by atoms with van der Waals surface area (Å²) in [5.74, 6) is -1.14. The van der Waals surface area contributed by atoms with E-state index in [2.05, 4.69) is 9.05 Å². The fourth-order valence-electron chi connectivity index (χ4n) is 2.55. The molecule has 0 aromatic heterocycles. The van der Waals surface area contributed by atoms with Crippen LogP contribution in [0.2, 0.25) is 0 Å². The molecule has 1 rings (SSSR count). The van der Waals surface area contributed by atoms with Gasteiger partial charge >= 0.3 is 13.7 Å². The molecule has 0 aliphatic rings. The fraction of sp³-hybridized carbons (Fsp3) is 0.571. The van der Waals surface area contributed by atoms with E-state index < -0.39 is 19.5 Å². The maximum Gasteiger partial charge on any atom is 0.426 e. The molecule has 0 heterocycles. The van der Waals surface area contributed by atoms with Crippen LogP contribution in [0.25, 0.3) is 6.08 Å². The van der Waals surface area contributed by atoms with Gasteiger partial charge in [0.15, 0.2) is 0 Å². The molecule has 1 aromatic carbocycles. The zero-order valence-electron chi connectivity index (χ0n) is 18.6. The van der Waals surface area contributed by atoms with E-state index in [0.29, 0.717) is 17.4 Å². The third-order valence-electron chi connectivity index (χ3n) is 4.31. The molecule has 0 bridgehead atoms. The number of hydrogen-bond acceptors (Lipinski definition) is 5. The molecule has 0 aliphatic carbocycles. The van der Waals surface area contributed by atoms with Crippen LogP contribution in [0.4, 0.5) is 8.78 Å². The Kier molecular flexibility index (Phi) is 7.61. The van der Waals surface area contributed by atoms with E-state index in [4.69, 9.17) is 4.74 Å². The van der Waals surface area contributed by atoms with Crippen LogP contribution in [0, 0.1) is 0 Å². The van der Waals surface area contributed by atoms with Crippen molar-refractivity contribution in [3.63, 3.8) is 0 Å². The topological polar surface area (TPSA) is 61.8 Å². The molecule has 1 unspecified atom stereocenters. The van der Waals surface area contributed by atoms with Gasteiger partial charge in [-0.05, 0) is 34.6 Å². The first-order valence-corrected chi connectivity index (χ1v) is 11.1. The van der Waals surface area contributed by atoms with Crippen LogP contribution < -0.4 is 4.74 Å². The molecule has 0 radical (unpaired) electrons. The first kappa shape index (κ1) is 25.5. The Morgan fingerprint density at radius 2 is 1.59 bits per heavy atom. The SMILES string of the molecule is COc1c(C=CC(=O)C(F)(F)OP(C)(=O)OC)cc(C(C)(C)C)cc1C(C)(C)C. The van der Waals surface area contributed by atoms with Crippen LogP contribution in [0.5, 0.6) is 5.75 Å². The van der Waals surface area contributed by atoms with E-state index in [1.165, 1.54) is 13.2 Å². The van der Waals surface area contributed by atoms with Crippen molar-refractivity contribution in [2.75, 3.05) is 20.9 Å². The van der Waals surface area contributed by atoms with Gasteiger partial charge in [0.05, 0.1) is 7.11 Å². The summed E-state index contributed by atoms with van der Waals surface area (Å²) in [6.07, 6.45) is -2.32. The van der Waals surface area contributed by atoms with Gasteiger partial charge in [-0.1, -0.05) is 47.6 Å². The molecule has 0 amide bonds. The van der Waals surface area contributed by atoms with Gasteiger partial charge in [0, 0.05) is 24.9 Å². The van der Waals surface area contributed by atoms with E-state index in [9.17, 15) is 18.1 Å². The first-order chi connectivity index (χ1) is 12.9. The Labute approximate surface area is 172 Å². The standard InChI is InChI=1S/C21H31F2O5P/c1-19(2,3)15-12-14(18(26-7)16(13-15)20(4,5)6)10-11-17(24)21(22,23)28-29(9,25)27-8/h10-13H,1-9H3. The summed E-state index contributed by atoms with van der Waals surface area (Å²) in [6, 6.07) is 3.83. The lowest BCUT2D eigenvalue weighted by Crippen LogP contribution is -2.29. The summed E-state index contributed by atoms with van der Waals surface area (Å²) in [4.78, 5) is 12.0. The number of halogens is 2. The molecule has 8 heteroatoms. The van der Waals surface area contributed by atoms with Gasteiger partial charge in [0.1, 0.15) is 5.75 Å². The number of methoxy groups -OCH3 is 1. The van der Waals surface area contributed by atoms with Gasteiger partial charge < -0.3 is 9.26 Å². The van der Waals surface area contributed by atoms with E-state index in [1.807, 2.05) is 47.6 Å². The maximum absolute atomic E-state index is 14.0. The van der Waals surface area contributed by atoms with Crippen molar-refractivity contribution in [3.8, 4) is 5.75 Å². The van der Waals surface area contributed by atoms with Gasteiger partial charge in [-0.2, -0.15) is 8.78 Å². The summed E-state index contributed by atoms with van der Waals surface area (Å²) in [7, 11) is -1.59. The molecule has 29 heavy (non-hydrogen) atoms. The lowest BCUT2D eigenvalue weighted by Gasteiger charge is -2.28. The lowest BCUT2D eigenvalue weighted by molar-refractivity contribution is -0.187. The van der Waals surface area contributed by atoms with Gasteiger partial charge in [0.25, 0.3) is 5.78 Å². The summed E-state index contributed by atoms with van der Waals surface area (Å²) in [6.45, 7) is 13.0. The maximum atomic E-state index is 14.0. The molecule has 5 nitrogen and oxygen atoms in total. The Morgan fingerprint density at radius 1 is 1.03 bits per heavy atom. The lowest BCUT2D eigenvalue weighted by atomic mass is 9.79. The molecule has 164 valence electrons. The second-order valence-corrected chi connectivity index (χ2v) is 11.0. The number of alkyl halides is 2. The molecule has 0 spiro atoms. The zero-order valence-corrected chi connectivity index (χ0v) is 19.4. The average molecular weight is 432 g/mol. The van der Waals surface area contributed by atoms with Crippen molar-refractivity contribution in [2.24, 2.45) is 0 Å². The molecule has 1 atom stereocenters. The number of ether oxygens (including phenoxy) is 1. The van der Waals surface area contributed by atoms with Gasteiger partial charge in [-0.15, -0.1) is 0 Å². The number of rotatable bonds is 7. The second kappa shape index (κ2) is 8.66. The molecular formula is C21H31F2O5P. The van der Waals surface area contributed by atoms with Crippen LogP contribution in [-0.4, -0.2) is 32.8 Å². The third-order valence-corrected chi connectivity index (χ3v) is 5.53. The van der Waals surface area contributed by atoms with Crippen molar-refractivity contribution in [2.45, 2.75) is 58.5 Å². The minimum Gasteiger partial charge on any atom is -0.496 e. The Hall–Kier alpha value is -1.56. The number of hydrogen-bond donors (Lipinski definition) is 0. The second-order valence-electron chi connectivity index (χ2n) is 8.91. The predicted octanol–water partition coefficient (Wildman–Crippen LogP) is 5.95. The third kappa shape index (κ3) is 6.73. The zero-order chi connectivity index (χ0) is 22.8. The van der Waals surface area contributed by atoms with Crippen molar-refractivity contribution in [1.29, 1.82) is 0 Å². The van der Waals surface area contributed by atoms with E-state index in [1.54, 1.807) is 6.07 Å².